The zero-order chi connectivity index (χ0) is 26.0. The van der Waals surface area contributed by atoms with Gasteiger partial charge in [0.05, 0.1) is 29.6 Å². The fourth-order valence-corrected chi connectivity index (χ4v) is 6.93. The Morgan fingerprint density at radius 1 is 0.919 bits per heavy atom. The minimum absolute atomic E-state index is 0.0354. The Morgan fingerprint density at radius 2 is 1.57 bits per heavy atom. The van der Waals surface area contributed by atoms with Crippen molar-refractivity contribution in [3.8, 4) is 0 Å². The van der Waals surface area contributed by atoms with Crippen LogP contribution in [0.1, 0.15) is 18.1 Å². The lowest BCUT2D eigenvalue weighted by atomic mass is 9.94. The first-order valence-electron chi connectivity index (χ1n) is 12.2. The zero-order valence-corrected chi connectivity index (χ0v) is 21.5. The number of ether oxygens (including phenoxy) is 3. The molecule has 7 nitrogen and oxygen atoms in total. The van der Waals surface area contributed by atoms with Gasteiger partial charge in [-0.05, 0) is 43.7 Å². The lowest BCUT2D eigenvalue weighted by molar-refractivity contribution is -0.122. The van der Waals surface area contributed by atoms with Crippen molar-refractivity contribution in [2.75, 3.05) is 11.9 Å². The molecule has 0 unspecified atom stereocenters. The molecular weight excluding hydrogens is 490 g/mol. The summed E-state index contributed by atoms with van der Waals surface area (Å²) >= 11 is 0. The van der Waals surface area contributed by atoms with Crippen LogP contribution in [-0.4, -0.2) is 38.6 Å². The predicted molar refractivity (Wildman–Crippen MR) is 139 cm³/mol. The van der Waals surface area contributed by atoms with Crippen LogP contribution in [0.25, 0.3) is 0 Å². The molecule has 37 heavy (non-hydrogen) atoms. The van der Waals surface area contributed by atoms with E-state index in [1.807, 2.05) is 55.5 Å². The van der Waals surface area contributed by atoms with Gasteiger partial charge < -0.3 is 19.5 Å². The Kier molecular flexibility index (Phi) is 7.15. The Morgan fingerprint density at radius 3 is 2.24 bits per heavy atom. The fourth-order valence-electron chi connectivity index (χ4n) is 4.90. The standard InChI is InChI=1S/C29H29NO6S/c1-19-13-15-23(16-14-19)37(32,33)27-24(18-34-17-21-9-5-3-6-10-21)36-29-26(27)25(20(2)35-29)28(31)30-22-11-7-4-8-12-22/h3-16,24,26-27,29H,17-18H2,1-2H3,(H,30,31)/t24-,26+,27-,29-/m1/s1. The summed E-state index contributed by atoms with van der Waals surface area (Å²) < 4.78 is 46.0. The summed E-state index contributed by atoms with van der Waals surface area (Å²) in [5.41, 5.74) is 2.80. The molecule has 1 saturated heterocycles. The molecule has 2 heterocycles. The number of anilines is 1. The first-order chi connectivity index (χ1) is 17.8. The van der Waals surface area contributed by atoms with Gasteiger partial charge in [0.1, 0.15) is 17.1 Å². The van der Waals surface area contributed by atoms with Crippen LogP contribution in [-0.2, 0) is 35.4 Å². The molecule has 0 aromatic heterocycles. The van der Waals surface area contributed by atoms with E-state index in [4.69, 9.17) is 14.2 Å². The normalized spacial score (nSPS) is 23.0. The van der Waals surface area contributed by atoms with E-state index in [0.29, 0.717) is 18.1 Å². The van der Waals surface area contributed by atoms with E-state index >= 15 is 0 Å². The van der Waals surface area contributed by atoms with Gasteiger partial charge in [0.25, 0.3) is 5.91 Å². The minimum Gasteiger partial charge on any atom is -0.468 e. The summed E-state index contributed by atoms with van der Waals surface area (Å²) in [6.45, 7) is 3.91. The number of carbonyl (C=O) groups excluding carboxylic acids is 1. The monoisotopic (exact) mass is 519 g/mol. The van der Waals surface area contributed by atoms with Crippen LogP contribution in [0.2, 0.25) is 0 Å². The quantitative estimate of drug-likeness (QED) is 0.466. The Balaban J connectivity index is 1.45. The van der Waals surface area contributed by atoms with Crippen LogP contribution in [0, 0.1) is 12.8 Å². The predicted octanol–water partition coefficient (Wildman–Crippen LogP) is 4.64. The van der Waals surface area contributed by atoms with Gasteiger partial charge >= 0.3 is 0 Å². The van der Waals surface area contributed by atoms with Crippen molar-refractivity contribution in [3.63, 3.8) is 0 Å². The van der Waals surface area contributed by atoms with Crippen molar-refractivity contribution < 1.29 is 27.4 Å². The first-order valence-corrected chi connectivity index (χ1v) is 13.7. The summed E-state index contributed by atoms with van der Waals surface area (Å²) in [5.74, 6) is -0.855. The van der Waals surface area contributed by atoms with Crippen molar-refractivity contribution in [2.24, 2.45) is 5.92 Å². The number of amides is 1. The van der Waals surface area contributed by atoms with Crippen LogP contribution in [0.5, 0.6) is 0 Å². The van der Waals surface area contributed by atoms with Crippen molar-refractivity contribution in [2.45, 2.75) is 43.0 Å². The van der Waals surface area contributed by atoms with Crippen LogP contribution in [0.3, 0.4) is 0 Å². The fraction of sp³-hybridized carbons (Fsp3) is 0.276. The summed E-state index contributed by atoms with van der Waals surface area (Å²) in [5, 5.41) is 1.80. The summed E-state index contributed by atoms with van der Waals surface area (Å²) in [6.07, 6.45) is -1.72. The lowest BCUT2D eigenvalue weighted by Crippen LogP contribution is -2.40. The maximum absolute atomic E-state index is 14.0. The SMILES string of the molecule is CC1=C(C(=O)Nc2ccccc2)[C@@H]2[C@H](O1)O[C@H](COCc1ccccc1)[C@H]2S(=O)(=O)c1ccc(C)cc1. The number of fused-ring (bicyclic) bond motifs is 1. The summed E-state index contributed by atoms with van der Waals surface area (Å²) in [7, 11) is -3.92. The summed E-state index contributed by atoms with van der Waals surface area (Å²) in [4.78, 5) is 13.6. The molecule has 0 aliphatic carbocycles. The number of aryl methyl sites for hydroxylation is 1. The highest BCUT2D eigenvalue weighted by Gasteiger charge is 2.58. The van der Waals surface area contributed by atoms with Crippen LogP contribution >= 0.6 is 0 Å². The highest BCUT2D eigenvalue weighted by atomic mass is 32.2. The molecule has 1 amide bonds. The Labute approximate surface area is 217 Å². The summed E-state index contributed by atoms with van der Waals surface area (Å²) in [6, 6.07) is 25.4. The van der Waals surface area contributed by atoms with Gasteiger partial charge in [0, 0.05) is 5.69 Å². The number of para-hydroxylation sites is 1. The molecule has 0 radical (unpaired) electrons. The molecular formula is C29H29NO6S. The number of sulfone groups is 1. The molecule has 2 aliphatic rings. The van der Waals surface area contributed by atoms with Gasteiger partial charge in [-0.15, -0.1) is 0 Å². The van der Waals surface area contributed by atoms with Gasteiger partial charge in [0.2, 0.25) is 6.29 Å². The van der Waals surface area contributed by atoms with Gasteiger partial charge in [-0.1, -0.05) is 66.2 Å². The molecule has 5 rings (SSSR count). The third-order valence-electron chi connectivity index (χ3n) is 6.71. The Hall–Kier alpha value is -3.46. The van der Waals surface area contributed by atoms with Crippen molar-refractivity contribution in [1.82, 2.24) is 0 Å². The number of carbonyl (C=O) groups is 1. The second kappa shape index (κ2) is 10.5. The molecule has 1 fully saturated rings. The maximum Gasteiger partial charge on any atom is 0.255 e. The number of allylic oxidation sites excluding steroid dienone is 1. The topological polar surface area (TPSA) is 90.9 Å². The van der Waals surface area contributed by atoms with Gasteiger partial charge in [0.15, 0.2) is 9.84 Å². The number of hydrogen-bond acceptors (Lipinski definition) is 6. The van der Waals surface area contributed by atoms with Crippen molar-refractivity contribution in [1.29, 1.82) is 0 Å². The number of hydrogen-bond donors (Lipinski definition) is 1. The van der Waals surface area contributed by atoms with Crippen molar-refractivity contribution >= 4 is 21.4 Å². The number of rotatable bonds is 8. The lowest BCUT2D eigenvalue weighted by Gasteiger charge is -2.23. The van der Waals surface area contributed by atoms with Gasteiger partial charge in [-0.25, -0.2) is 8.42 Å². The smallest absolute Gasteiger partial charge is 0.255 e. The molecule has 1 N–H and O–H groups in total. The largest absolute Gasteiger partial charge is 0.468 e. The highest BCUT2D eigenvalue weighted by Crippen LogP contribution is 2.46. The number of benzene rings is 3. The second-order valence-electron chi connectivity index (χ2n) is 9.30. The van der Waals surface area contributed by atoms with Crippen LogP contribution in [0.4, 0.5) is 5.69 Å². The highest BCUT2D eigenvalue weighted by molar-refractivity contribution is 7.92. The van der Waals surface area contributed by atoms with Crippen LogP contribution < -0.4 is 5.32 Å². The molecule has 3 aromatic rings. The number of nitrogens with one attached hydrogen (secondary N) is 1. The molecule has 8 heteroatoms. The second-order valence-corrected chi connectivity index (χ2v) is 11.4. The van der Waals surface area contributed by atoms with E-state index in [-0.39, 0.29) is 17.1 Å². The maximum atomic E-state index is 14.0. The molecule has 0 bridgehead atoms. The molecule has 2 aliphatic heterocycles. The van der Waals surface area contributed by atoms with Gasteiger partial charge in [-0.2, -0.15) is 0 Å². The van der Waals surface area contributed by atoms with E-state index in [0.717, 1.165) is 11.1 Å². The zero-order valence-electron chi connectivity index (χ0n) is 20.7. The van der Waals surface area contributed by atoms with E-state index in [1.54, 1.807) is 43.3 Å². The van der Waals surface area contributed by atoms with Crippen LogP contribution in [0.15, 0.2) is 101 Å². The third-order valence-corrected chi connectivity index (χ3v) is 8.95. The molecule has 0 saturated carbocycles. The molecule has 0 spiro atoms. The van der Waals surface area contributed by atoms with Crippen molar-refractivity contribution in [3.05, 3.63) is 107 Å². The first kappa shape index (κ1) is 25.2. The van der Waals surface area contributed by atoms with E-state index in [9.17, 15) is 13.2 Å². The Bertz CT molecular complexity index is 1390. The van der Waals surface area contributed by atoms with Gasteiger partial charge in [-0.3, -0.25) is 4.79 Å². The molecule has 192 valence electrons. The molecule has 3 aromatic carbocycles. The average Bonchev–Trinajstić information content (AvgIpc) is 3.39. The third kappa shape index (κ3) is 5.18. The minimum atomic E-state index is -3.92. The average molecular weight is 520 g/mol. The molecule has 4 atom stereocenters. The van der Waals surface area contributed by atoms with E-state index < -0.39 is 39.3 Å². The van der Waals surface area contributed by atoms with E-state index in [1.165, 1.54) is 0 Å². The van der Waals surface area contributed by atoms with E-state index in [2.05, 4.69) is 5.32 Å².